The molecule has 68 valence electrons. The summed E-state index contributed by atoms with van der Waals surface area (Å²) in [5, 5.41) is 0. The van der Waals surface area contributed by atoms with Gasteiger partial charge >= 0.3 is 0 Å². The minimum atomic E-state index is -0.295. The molecular weight excluding hydrogens is 235 g/mol. The molecule has 0 saturated heterocycles. The van der Waals surface area contributed by atoms with Crippen molar-refractivity contribution in [3.63, 3.8) is 0 Å². The Balaban J connectivity index is 2.83. The molecule has 3 heteroatoms. The molecule has 0 heterocycles. The maximum atomic E-state index is 13.1. The van der Waals surface area contributed by atoms with Gasteiger partial charge in [0, 0.05) is 16.5 Å². The SMILES string of the molecule is O=CC/C=C/c1ccc(Br)cc1F. The maximum absolute atomic E-state index is 13.1. The number of carbonyl (C=O) groups excluding carboxylic acids is 1. The fourth-order valence-corrected chi connectivity index (χ4v) is 1.22. The lowest BCUT2D eigenvalue weighted by atomic mass is 10.2. The summed E-state index contributed by atoms with van der Waals surface area (Å²) in [5.74, 6) is -0.295. The number of carbonyl (C=O) groups is 1. The van der Waals surface area contributed by atoms with Crippen molar-refractivity contribution >= 4 is 28.3 Å². The number of rotatable bonds is 3. The first-order chi connectivity index (χ1) is 6.24. The predicted molar refractivity (Wildman–Crippen MR) is 53.8 cm³/mol. The Morgan fingerprint density at radius 1 is 1.46 bits per heavy atom. The van der Waals surface area contributed by atoms with Gasteiger partial charge < -0.3 is 4.79 Å². The Morgan fingerprint density at radius 3 is 2.85 bits per heavy atom. The largest absolute Gasteiger partial charge is 0.303 e. The highest BCUT2D eigenvalue weighted by Gasteiger charge is 1.97. The monoisotopic (exact) mass is 242 g/mol. The van der Waals surface area contributed by atoms with E-state index in [0.717, 1.165) is 6.29 Å². The molecule has 0 spiro atoms. The van der Waals surface area contributed by atoms with Gasteiger partial charge in [0.15, 0.2) is 0 Å². The third-order valence-corrected chi connectivity index (χ3v) is 1.99. The number of aldehydes is 1. The van der Waals surface area contributed by atoms with Crippen LogP contribution in [0.3, 0.4) is 0 Å². The molecule has 1 aromatic rings. The Labute approximate surface area is 84.4 Å². The van der Waals surface area contributed by atoms with Gasteiger partial charge in [-0.1, -0.05) is 34.1 Å². The lowest BCUT2D eigenvalue weighted by Crippen LogP contribution is -1.81. The van der Waals surface area contributed by atoms with Gasteiger partial charge in [-0.2, -0.15) is 0 Å². The van der Waals surface area contributed by atoms with Gasteiger partial charge in [0.1, 0.15) is 12.1 Å². The van der Waals surface area contributed by atoms with Crippen LogP contribution in [0.1, 0.15) is 12.0 Å². The number of benzene rings is 1. The van der Waals surface area contributed by atoms with E-state index in [4.69, 9.17) is 0 Å². The highest BCUT2D eigenvalue weighted by atomic mass is 79.9. The number of halogens is 2. The minimum Gasteiger partial charge on any atom is -0.303 e. The van der Waals surface area contributed by atoms with Gasteiger partial charge in [0.05, 0.1) is 0 Å². The molecule has 0 saturated carbocycles. The van der Waals surface area contributed by atoms with Gasteiger partial charge in [-0.05, 0) is 12.1 Å². The van der Waals surface area contributed by atoms with Crippen molar-refractivity contribution in [2.75, 3.05) is 0 Å². The molecule has 1 rings (SSSR count). The number of hydrogen-bond donors (Lipinski definition) is 0. The van der Waals surface area contributed by atoms with Crippen LogP contribution in [-0.2, 0) is 4.79 Å². The highest BCUT2D eigenvalue weighted by molar-refractivity contribution is 9.10. The fraction of sp³-hybridized carbons (Fsp3) is 0.100. The summed E-state index contributed by atoms with van der Waals surface area (Å²) in [5.41, 5.74) is 0.491. The van der Waals surface area contributed by atoms with Crippen LogP contribution in [0, 0.1) is 5.82 Å². The van der Waals surface area contributed by atoms with E-state index < -0.39 is 0 Å². The molecule has 0 fully saturated rings. The van der Waals surface area contributed by atoms with Crippen molar-refractivity contribution in [1.82, 2.24) is 0 Å². The minimum absolute atomic E-state index is 0.295. The van der Waals surface area contributed by atoms with Crippen LogP contribution >= 0.6 is 15.9 Å². The van der Waals surface area contributed by atoms with Gasteiger partial charge in [-0.3, -0.25) is 0 Å². The van der Waals surface area contributed by atoms with E-state index in [1.54, 1.807) is 24.3 Å². The normalized spacial score (nSPS) is 10.6. The standard InChI is InChI=1S/C10H8BrFO/c11-9-5-4-8(10(12)7-9)3-1-2-6-13/h1,3-7H,2H2/b3-1+. The molecule has 0 atom stereocenters. The second kappa shape index (κ2) is 4.92. The third-order valence-electron chi connectivity index (χ3n) is 1.49. The summed E-state index contributed by atoms with van der Waals surface area (Å²) >= 11 is 3.16. The van der Waals surface area contributed by atoms with E-state index in [0.29, 0.717) is 16.5 Å². The third kappa shape index (κ3) is 3.11. The van der Waals surface area contributed by atoms with Gasteiger partial charge in [-0.15, -0.1) is 0 Å². The molecule has 1 nitrogen and oxygen atoms in total. The average Bonchev–Trinajstić information content (AvgIpc) is 2.09. The summed E-state index contributed by atoms with van der Waals surface area (Å²) in [6, 6.07) is 4.80. The number of allylic oxidation sites excluding steroid dienone is 1. The summed E-state index contributed by atoms with van der Waals surface area (Å²) < 4.78 is 13.8. The summed E-state index contributed by atoms with van der Waals surface area (Å²) in [6.07, 6.45) is 4.30. The molecule has 0 radical (unpaired) electrons. The second-order valence-electron chi connectivity index (χ2n) is 2.47. The lowest BCUT2D eigenvalue weighted by molar-refractivity contribution is -0.107. The van der Waals surface area contributed by atoms with Crippen molar-refractivity contribution in [3.05, 3.63) is 40.1 Å². The molecule has 0 bridgehead atoms. The summed E-state index contributed by atoms with van der Waals surface area (Å²) in [4.78, 5) is 9.98. The van der Waals surface area contributed by atoms with Crippen molar-refractivity contribution in [1.29, 1.82) is 0 Å². The van der Waals surface area contributed by atoms with Crippen LogP contribution in [0.5, 0.6) is 0 Å². The van der Waals surface area contributed by atoms with Gasteiger partial charge in [0.25, 0.3) is 0 Å². The van der Waals surface area contributed by atoms with Gasteiger partial charge in [-0.25, -0.2) is 4.39 Å². The molecule has 0 amide bonds. The van der Waals surface area contributed by atoms with E-state index in [2.05, 4.69) is 15.9 Å². The predicted octanol–water partition coefficient (Wildman–Crippen LogP) is 3.19. The van der Waals surface area contributed by atoms with Gasteiger partial charge in [0.2, 0.25) is 0 Å². The number of hydrogen-bond acceptors (Lipinski definition) is 1. The van der Waals surface area contributed by atoms with Crippen LogP contribution in [0.4, 0.5) is 4.39 Å². The first kappa shape index (κ1) is 10.1. The Bertz CT molecular complexity index is 334. The summed E-state index contributed by atoms with van der Waals surface area (Å²) in [7, 11) is 0. The van der Waals surface area contributed by atoms with E-state index in [-0.39, 0.29) is 5.82 Å². The highest BCUT2D eigenvalue weighted by Crippen LogP contribution is 2.16. The Kier molecular flexibility index (Phi) is 3.83. The molecule has 0 aliphatic carbocycles. The molecule has 0 aliphatic rings. The van der Waals surface area contributed by atoms with Crippen LogP contribution < -0.4 is 0 Å². The van der Waals surface area contributed by atoms with E-state index >= 15 is 0 Å². The van der Waals surface area contributed by atoms with E-state index in [1.165, 1.54) is 6.07 Å². The quantitative estimate of drug-likeness (QED) is 0.745. The molecule has 0 aromatic heterocycles. The average molecular weight is 243 g/mol. The van der Waals surface area contributed by atoms with Crippen LogP contribution in [0.15, 0.2) is 28.7 Å². The first-order valence-corrected chi connectivity index (χ1v) is 4.58. The molecule has 1 aromatic carbocycles. The zero-order chi connectivity index (χ0) is 9.68. The Morgan fingerprint density at radius 2 is 2.23 bits per heavy atom. The molecule has 0 aliphatic heterocycles. The topological polar surface area (TPSA) is 17.1 Å². The van der Waals surface area contributed by atoms with Crippen molar-refractivity contribution < 1.29 is 9.18 Å². The molecule has 0 unspecified atom stereocenters. The molecular formula is C10H8BrFO. The fourth-order valence-electron chi connectivity index (χ4n) is 0.887. The lowest BCUT2D eigenvalue weighted by Gasteiger charge is -1.96. The zero-order valence-electron chi connectivity index (χ0n) is 6.84. The van der Waals surface area contributed by atoms with Crippen LogP contribution in [0.25, 0.3) is 6.08 Å². The molecule has 13 heavy (non-hydrogen) atoms. The van der Waals surface area contributed by atoms with Crippen molar-refractivity contribution in [2.45, 2.75) is 6.42 Å². The summed E-state index contributed by atoms with van der Waals surface area (Å²) in [6.45, 7) is 0. The van der Waals surface area contributed by atoms with Crippen molar-refractivity contribution in [3.8, 4) is 0 Å². The Hall–Kier alpha value is -0.960. The van der Waals surface area contributed by atoms with E-state index in [9.17, 15) is 9.18 Å². The van der Waals surface area contributed by atoms with Crippen LogP contribution in [0.2, 0.25) is 0 Å². The molecule has 0 N–H and O–H groups in total. The van der Waals surface area contributed by atoms with Crippen molar-refractivity contribution in [2.24, 2.45) is 0 Å². The van der Waals surface area contributed by atoms with E-state index in [1.807, 2.05) is 0 Å². The second-order valence-corrected chi connectivity index (χ2v) is 3.39. The zero-order valence-corrected chi connectivity index (χ0v) is 8.42. The van der Waals surface area contributed by atoms with Crippen LogP contribution in [-0.4, -0.2) is 6.29 Å². The first-order valence-electron chi connectivity index (χ1n) is 3.79. The maximum Gasteiger partial charge on any atom is 0.131 e. The smallest absolute Gasteiger partial charge is 0.131 e.